The van der Waals surface area contributed by atoms with Crippen molar-refractivity contribution in [3.8, 4) is 11.5 Å². The average Bonchev–Trinajstić information content (AvgIpc) is 2.48. The Morgan fingerprint density at radius 3 is 2.67 bits per heavy atom. The first-order valence-electron chi connectivity index (χ1n) is 6.88. The topological polar surface area (TPSA) is 68.8 Å². The summed E-state index contributed by atoms with van der Waals surface area (Å²) in [5.41, 5.74) is 0.645. The highest BCUT2D eigenvalue weighted by Gasteiger charge is 2.32. The number of benzene rings is 1. The normalized spacial score (nSPS) is 16.0. The summed E-state index contributed by atoms with van der Waals surface area (Å²) < 4.78 is 16.0. The molecule has 6 heteroatoms. The van der Waals surface area contributed by atoms with Gasteiger partial charge in [-0.05, 0) is 25.1 Å². The average molecular weight is 294 g/mol. The monoisotopic (exact) mass is 294 g/mol. The van der Waals surface area contributed by atoms with E-state index in [1.165, 1.54) is 0 Å². The molecule has 0 bridgehead atoms. The molecule has 0 spiro atoms. The van der Waals surface area contributed by atoms with Gasteiger partial charge < -0.3 is 24.8 Å². The third-order valence-corrected chi connectivity index (χ3v) is 3.51. The fraction of sp³-hybridized carbons (Fsp3) is 0.533. The minimum absolute atomic E-state index is 0.0600. The van der Waals surface area contributed by atoms with Crippen LogP contribution in [0.2, 0.25) is 0 Å². The molecular weight excluding hydrogens is 272 g/mol. The smallest absolute Gasteiger partial charge is 0.246 e. The maximum Gasteiger partial charge on any atom is 0.246 e. The van der Waals surface area contributed by atoms with Crippen molar-refractivity contribution in [1.29, 1.82) is 0 Å². The van der Waals surface area contributed by atoms with Crippen LogP contribution in [-0.4, -0.2) is 45.4 Å². The zero-order valence-electron chi connectivity index (χ0n) is 12.7. The van der Waals surface area contributed by atoms with E-state index in [1.807, 2.05) is 25.1 Å². The second-order valence-corrected chi connectivity index (χ2v) is 5.30. The second-order valence-electron chi connectivity index (χ2n) is 5.30. The van der Waals surface area contributed by atoms with Crippen LogP contribution >= 0.6 is 0 Å². The van der Waals surface area contributed by atoms with E-state index in [1.54, 1.807) is 14.2 Å². The van der Waals surface area contributed by atoms with Crippen molar-refractivity contribution in [3.63, 3.8) is 0 Å². The summed E-state index contributed by atoms with van der Waals surface area (Å²) in [4.78, 5) is 11.8. The fourth-order valence-corrected chi connectivity index (χ4v) is 2.08. The number of ether oxygens (including phenoxy) is 3. The SMILES string of the molecule is COc1ccc(OC)c(CNC(=O)COC2(C)CNC2)c1. The molecule has 1 aromatic carbocycles. The van der Waals surface area contributed by atoms with Crippen molar-refractivity contribution in [1.82, 2.24) is 10.6 Å². The molecule has 0 atom stereocenters. The van der Waals surface area contributed by atoms with E-state index in [4.69, 9.17) is 14.2 Å². The number of methoxy groups -OCH3 is 2. The van der Waals surface area contributed by atoms with Gasteiger partial charge in [0, 0.05) is 25.2 Å². The van der Waals surface area contributed by atoms with Crippen LogP contribution in [0.1, 0.15) is 12.5 Å². The zero-order chi connectivity index (χ0) is 15.3. The Morgan fingerprint density at radius 1 is 1.33 bits per heavy atom. The van der Waals surface area contributed by atoms with Gasteiger partial charge in [-0.25, -0.2) is 0 Å². The number of hydrogen-bond acceptors (Lipinski definition) is 5. The van der Waals surface area contributed by atoms with Gasteiger partial charge in [0.05, 0.1) is 19.8 Å². The standard InChI is InChI=1S/C15H22N2O4/c1-15(9-16-10-15)21-8-14(18)17-7-11-6-12(19-2)4-5-13(11)20-3/h4-6,16H,7-10H2,1-3H3,(H,17,18). The highest BCUT2D eigenvalue weighted by atomic mass is 16.5. The Labute approximate surface area is 124 Å². The first-order valence-corrected chi connectivity index (χ1v) is 6.88. The summed E-state index contributed by atoms with van der Waals surface area (Å²) in [5, 5.41) is 5.95. The lowest BCUT2D eigenvalue weighted by Crippen LogP contribution is -2.59. The van der Waals surface area contributed by atoms with Crippen LogP contribution in [0, 0.1) is 0 Å². The van der Waals surface area contributed by atoms with Gasteiger partial charge in [0.2, 0.25) is 5.91 Å². The van der Waals surface area contributed by atoms with Crippen molar-refractivity contribution < 1.29 is 19.0 Å². The first kappa shape index (κ1) is 15.6. The minimum atomic E-state index is -0.217. The highest BCUT2D eigenvalue weighted by molar-refractivity contribution is 5.77. The van der Waals surface area contributed by atoms with Gasteiger partial charge in [-0.1, -0.05) is 0 Å². The lowest BCUT2D eigenvalue weighted by atomic mass is 10.0. The van der Waals surface area contributed by atoms with Gasteiger partial charge in [-0.15, -0.1) is 0 Å². The van der Waals surface area contributed by atoms with Crippen LogP contribution in [0.15, 0.2) is 18.2 Å². The number of amides is 1. The van der Waals surface area contributed by atoms with E-state index < -0.39 is 0 Å². The number of hydrogen-bond donors (Lipinski definition) is 2. The molecule has 116 valence electrons. The lowest BCUT2D eigenvalue weighted by Gasteiger charge is -2.38. The molecule has 2 N–H and O–H groups in total. The summed E-state index contributed by atoms with van der Waals surface area (Å²) in [5.74, 6) is 1.30. The maximum atomic E-state index is 11.8. The third-order valence-electron chi connectivity index (χ3n) is 3.51. The minimum Gasteiger partial charge on any atom is -0.497 e. The molecule has 0 aliphatic carbocycles. The molecule has 0 radical (unpaired) electrons. The molecular formula is C15H22N2O4. The Morgan fingerprint density at radius 2 is 2.10 bits per heavy atom. The predicted octanol–water partition coefficient (Wildman–Crippen LogP) is 0.698. The molecule has 1 aliphatic heterocycles. The lowest BCUT2D eigenvalue weighted by molar-refractivity contribution is -0.136. The van der Waals surface area contributed by atoms with E-state index >= 15 is 0 Å². The van der Waals surface area contributed by atoms with E-state index in [0.717, 1.165) is 24.4 Å². The second kappa shape index (κ2) is 6.78. The molecule has 1 heterocycles. The van der Waals surface area contributed by atoms with Crippen LogP contribution in [0.5, 0.6) is 11.5 Å². The molecule has 1 amide bonds. The summed E-state index contributed by atoms with van der Waals surface area (Å²) in [7, 11) is 3.20. The van der Waals surface area contributed by atoms with Crippen LogP contribution in [0.25, 0.3) is 0 Å². The van der Waals surface area contributed by atoms with Crippen molar-refractivity contribution in [2.24, 2.45) is 0 Å². The molecule has 1 fully saturated rings. The zero-order valence-corrected chi connectivity index (χ0v) is 12.7. The summed E-state index contributed by atoms with van der Waals surface area (Å²) in [6, 6.07) is 5.48. The molecule has 1 aliphatic rings. The number of carbonyl (C=O) groups excluding carboxylic acids is 1. The van der Waals surface area contributed by atoms with E-state index in [0.29, 0.717) is 12.3 Å². The molecule has 0 unspecified atom stereocenters. The maximum absolute atomic E-state index is 11.8. The summed E-state index contributed by atoms with van der Waals surface area (Å²) >= 11 is 0. The van der Waals surface area contributed by atoms with Crippen LogP contribution in [0.3, 0.4) is 0 Å². The third kappa shape index (κ3) is 4.09. The van der Waals surface area contributed by atoms with E-state index in [2.05, 4.69) is 10.6 Å². The van der Waals surface area contributed by atoms with Crippen molar-refractivity contribution in [2.45, 2.75) is 19.1 Å². The Kier molecular flexibility index (Phi) is 5.03. The van der Waals surface area contributed by atoms with Crippen LogP contribution in [0.4, 0.5) is 0 Å². The Balaban J connectivity index is 1.85. The first-order chi connectivity index (χ1) is 10.1. The molecule has 1 saturated heterocycles. The molecule has 2 rings (SSSR count). The summed E-state index contributed by atoms with van der Waals surface area (Å²) in [6.45, 7) is 3.98. The van der Waals surface area contributed by atoms with Gasteiger partial charge in [0.25, 0.3) is 0 Å². The van der Waals surface area contributed by atoms with Crippen LogP contribution in [-0.2, 0) is 16.1 Å². The Hall–Kier alpha value is -1.79. The predicted molar refractivity (Wildman–Crippen MR) is 78.6 cm³/mol. The molecule has 1 aromatic rings. The van der Waals surface area contributed by atoms with E-state index in [9.17, 15) is 4.79 Å². The van der Waals surface area contributed by atoms with E-state index in [-0.39, 0.29) is 18.1 Å². The Bertz CT molecular complexity index is 500. The van der Waals surface area contributed by atoms with Crippen molar-refractivity contribution in [3.05, 3.63) is 23.8 Å². The molecule has 0 saturated carbocycles. The quantitative estimate of drug-likeness (QED) is 0.775. The number of carbonyl (C=O) groups is 1. The fourth-order valence-electron chi connectivity index (χ4n) is 2.08. The molecule has 21 heavy (non-hydrogen) atoms. The number of rotatable bonds is 7. The summed E-state index contributed by atoms with van der Waals surface area (Å²) in [6.07, 6.45) is 0. The molecule has 6 nitrogen and oxygen atoms in total. The number of nitrogens with one attached hydrogen (secondary N) is 2. The molecule has 0 aromatic heterocycles. The van der Waals surface area contributed by atoms with Gasteiger partial charge in [-0.3, -0.25) is 4.79 Å². The van der Waals surface area contributed by atoms with Gasteiger partial charge >= 0.3 is 0 Å². The van der Waals surface area contributed by atoms with Gasteiger partial charge in [0.1, 0.15) is 18.1 Å². The highest BCUT2D eigenvalue weighted by Crippen LogP contribution is 2.23. The van der Waals surface area contributed by atoms with Gasteiger partial charge in [-0.2, -0.15) is 0 Å². The largest absolute Gasteiger partial charge is 0.497 e. The van der Waals surface area contributed by atoms with Crippen LogP contribution < -0.4 is 20.1 Å². The van der Waals surface area contributed by atoms with Crippen molar-refractivity contribution in [2.75, 3.05) is 33.9 Å². The van der Waals surface area contributed by atoms with Crippen molar-refractivity contribution >= 4 is 5.91 Å². The van der Waals surface area contributed by atoms with Gasteiger partial charge in [0.15, 0.2) is 0 Å².